The number of rotatable bonds is 4. The molecule has 2 N–H and O–H groups in total. The lowest BCUT2D eigenvalue weighted by Crippen LogP contribution is -2.24. The van der Waals surface area contributed by atoms with E-state index in [0.29, 0.717) is 12.6 Å². The van der Waals surface area contributed by atoms with E-state index in [9.17, 15) is 19.2 Å². The van der Waals surface area contributed by atoms with E-state index in [1.807, 2.05) is 0 Å². The van der Waals surface area contributed by atoms with Gasteiger partial charge in [-0.3, -0.25) is 19.2 Å². The van der Waals surface area contributed by atoms with Gasteiger partial charge in [-0.25, -0.2) is 0 Å². The van der Waals surface area contributed by atoms with E-state index in [4.69, 9.17) is 0 Å². The van der Waals surface area contributed by atoms with E-state index in [-0.39, 0.29) is 22.3 Å². The first-order chi connectivity index (χ1) is 8.58. The van der Waals surface area contributed by atoms with E-state index < -0.39 is 11.8 Å². The van der Waals surface area contributed by atoms with E-state index in [2.05, 4.69) is 10.6 Å². The van der Waals surface area contributed by atoms with Crippen LogP contribution in [0.4, 0.5) is 0 Å². The summed E-state index contributed by atoms with van der Waals surface area (Å²) in [5.74, 6) is -1.00. The first-order valence-electron chi connectivity index (χ1n) is 5.11. The Bertz CT molecular complexity index is 480. The molecule has 0 saturated heterocycles. The van der Waals surface area contributed by atoms with Gasteiger partial charge in [0.15, 0.2) is 12.6 Å². The number of amides is 2. The number of hydrogen-bond donors (Lipinski definition) is 2. The molecule has 0 aliphatic carbocycles. The van der Waals surface area contributed by atoms with Crippen LogP contribution < -0.4 is 10.6 Å². The molecule has 0 atom stereocenters. The number of carbonyl (C=O) groups is 4. The smallest absolute Gasteiger partial charge is 0.251 e. The molecule has 0 heterocycles. The predicted molar refractivity (Wildman–Crippen MR) is 64.0 cm³/mol. The molecule has 1 aromatic rings. The van der Waals surface area contributed by atoms with Crippen LogP contribution in [-0.4, -0.2) is 38.5 Å². The molecule has 0 saturated carbocycles. The molecule has 6 heteroatoms. The Labute approximate surface area is 103 Å². The van der Waals surface area contributed by atoms with Gasteiger partial charge in [0.1, 0.15) is 0 Å². The van der Waals surface area contributed by atoms with Gasteiger partial charge in [-0.1, -0.05) is 0 Å². The standard InChI is InChI=1S/C12H12N2O4/c1-13-11(17)9-4-10(12(18)14-2)8(6-16)3-7(9)5-15/h3-6H,1-2H3,(H,13,17)(H,14,18). The molecule has 6 nitrogen and oxygen atoms in total. The predicted octanol–water partition coefficient (Wildman–Crippen LogP) is 0.0308. The summed E-state index contributed by atoms with van der Waals surface area (Å²) >= 11 is 0. The summed E-state index contributed by atoms with van der Waals surface area (Å²) in [5.41, 5.74) is 0.224. The summed E-state index contributed by atoms with van der Waals surface area (Å²) in [7, 11) is 2.81. The van der Waals surface area contributed by atoms with Crippen molar-refractivity contribution in [1.82, 2.24) is 10.6 Å². The summed E-state index contributed by atoms with van der Waals surface area (Å²) in [4.78, 5) is 44.9. The minimum absolute atomic E-state index is 0.0525. The van der Waals surface area contributed by atoms with Crippen LogP contribution in [-0.2, 0) is 0 Å². The van der Waals surface area contributed by atoms with Crippen molar-refractivity contribution in [2.45, 2.75) is 0 Å². The van der Waals surface area contributed by atoms with E-state index in [1.54, 1.807) is 0 Å². The summed E-state index contributed by atoms with van der Waals surface area (Å²) in [6, 6.07) is 2.44. The quantitative estimate of drug-likeness (QED) is 0.735. The van der Waals surface area contributed by atoms with Crippen LogP contribution in [0.1, 0.15) is 41.4 Å². The van der Waals surface area contributed by atoms with E-state index >= 15 is 0 Å². The zero-order chi connectivity index (χ0) is 13.7. The molecule has 1 aromatic carbocycles. The highest BCUT2D eigenvalue weighted by Gasteiger charge is 2.17. The van der Waals surface area contributed by atoms with Crippen molar-refractivity contribution in [3.05, 3.63) is 34.4 Å². The topological polar surface area (TPSA) is 92.3 Å². The summed E-state index contributed by atoms with van der Waals surface area (Å²) in [6.45, 7) is 0. The van der Waals surface area contributed by atoms with Gasteiger partial charge in [-0.15, -0.1) is 0 Å². The summed E-state index contributed by atoms with van der Waals surface area (Å²) < 4.78 is 0. The Balaban J connectivity index is 3.52. The van der Waals surface area contributed by atoms with Crippen molar-refractivity contribution in [3.8, 4) is 0 Å². The molecule has 0 aliphatic heterocycles. The Kier molecular flexibility index (Phi) is 4.31. The number of hydrogen-bond acceptors (Lipinski definition) is 4. The molecular weight excluding hydrogens is 236 g/mol. The third-order valence-corrected chi connectivity index (χ3v) is 2.42. The van der Waals surface area contributed by atoms with Crippen molar-refractivity contribution in [1.29, 1.82) is 0 Å². The van der Waals surface area contributed by atoms with Gasteiger partial charge in [0.25, 0.3) is 11.8 Å². The highest BCUT2D eigenvalue weighted by Crippen LogP contribution is 2.15. The van der Waals surface area contributed by atoms with E-state index in [0.717, 1.165) is 0 Å². The fraction of sp³-hybridized carbons (Fsp3) is 0.167. The van der Waals surface area contributed by atoms with Gasteiger partial charge in [0, 0.05) is 25.2 Å². The molecular formula is C12H12N2O4. The Hall–Kier alpha value is -2.50. The van der Waals surface area contributed by atoms with Gasteiger partial charge in [-0.2, -0.15) is 0 Å². The fourth-order valence-electron chi connectivity index (χ4n) is 1.49. The highest BCUT2D eigenvalue weighted by atomic mass is 16.2. The lowest BCUT2D eigenvalue weighted by atomic mass is 9.98. The van der Waals surface area contributed by atoms with Gasteiger partial charge in [0.05, 0.1) is 11.1 Å². The van der Waals surface area contributed by atoms with Crippen LogP contribution >= 0.6 is 0 Å². The first kappa shape index (κ1) is 13.6. The molecule has 0 unspecified atom stereocenters. The fourth-order valence-corrected chi connectivity index (χ4v) is 1.49. The maximum atomic E-state index is 11.6. The molecule has 94 valence electrons. The van der Waals surface area contributed by atoms with Crippen molar-refractivity contribution in [2.24, 2.45) is 0 Å². The van der Waals surface area contributed by atoms with Crippen LogP contribution in [0.25, 0.3) is 0 Å². The molecule has 2 amide bonds. The monoisotopic (exact) mass is 248 g/mol. The summed E-state index contributed by atoms with van der Waals surface area (Å²) in [6.07, 6.45) is 0.927. The number of benzene rings is 1. The molecule has 0 aliphatic rings. The Morgan fingerprint density at radius 3 is 1.56 bits per heavy atom. The van der Waals surface area contributed by atoms with Crippen LogP contribution in [0.3, 0.4) is 0 Å². The maximum absolute atomic E-state index is 11.6. The SMILES string of the molecule is CNC(=O)c1cc(C(=O)NC)c(C=O)cc1C=O. The van der Waals surface area contributed by atoms with Crippen molar-refractivity contribution in [2.75, 3.05) is 14.1 Å². The Morgan fingerprint density at radius 2 is 1.28 bits per heavy atom. The average Bonchev–Trinajstić information content (AvgIpc) is 2.43. The molecule has 0 radical (unpaired) electrons. The van der Waals surface area contributed by atoms with Crippen LogP contribution in [0, 0.1) is 0 Å². The molecule has 1 rings (SSSR count). The first-order valence-corrected chi connectivity index (χ1v) is 5.11. The molecule has 0 spiro atoms. The van der Waals surface area contributed by atoms with Crippen molar-refractivity contribution in [3.63, 3.8) is 0 Å². The van der Waals surface area contributed by atoms with Gasteiger partial charge in [0.2, 0.25) is 0 Å². The Morgan fingerprint density at radius 1 is 0.889 bits per heavy atom. The normalized spacial score (nSPS) is 9.44. The molecule has 0 fully saturated rings. The second-order valence-electron chi connectivity index (χ2n) is 3.42. The largest absolute Gasteiger partial charge is 0.355 e. The third kappa shape index (κ3) is 2.42. The average molecular weight is 248 g/mol. The zero-order valence-corrected chi connectivity index (χ0v) is 9.94. The van der Waals surface area contributed by atoms with Crippen LogP contribution in [0.15, 0.2) is 12.1 Å². The number of carbonyl (C=O) groups excluding carboxylic acids is 4. The van der Waals surface area contributed by atoms with Gasteiger partial charge >= 0.3 is 0 Å². The minimum atomic E-state index is -0.500. The zero-order valence-electron chi connectivity index (χ0n) is 9.94. The van der Waals surface area contributed by atoms with Gasteiger partial charge < -0.3 is 10.6 Å². The highest BCUT2D eigenvalue weighted by molar-refractivity contribution is 6.08. The number of nitrogens with one attached hydrogen (secondary N) is 2. The minimum Gasteiger partial charge on any atom is -0.355 e. The van der Waals surface area contributed by atoms with Crippen LogP contribution in [0.2, 0.25) is 0 Å². The van der Waals surface area contributed by atoms with E-state index in [1.165, 1.54) is 26.2 Å². The second-order valence-corrected chi connectivity index (χ2v) is 3.42. The molecule has 18 heavy (non-hydrogen) atoms. The lowest BCUT2D eigenvalue weighted by Gasteiger charge is -2.09. The van der Waals surface area contributed by atoms with Crippen molar-refractivity contribution < 1.29 is 19.2 Å². The maximum Gasteiger partial charge on any atom is 0.251 e. The lowest BCUT2D eigenvalue weighted by molar-refractivity contribution is 0.0953. The second kappa shape index (κ2) is 5.72. The van der Waals surface area contributed by atoms with Crippen LogP contribution in [0.5, 0.6) is 0 Å². The summed E-state index contributed by atoms with van der Waals surface area (Å²) in [5, 5.41) is 4.72. The van der Waals surface area contributed by atoms with Gasteiger partial charge in [-0.05, 0) is 12.1 Å². The molecule has 0 aromatic heterocycles. The molecule has 0 bridgehead atoms. The number of aldehydes is 2. The van der Waals surface area contributed by atoms with Crippen molar-refractivity contribution >= 4 is 24.4 Å². The third-order valence-electron chi connectivity index (χ3n) is 2.42.